The fourth-order valence-corrected chi connectivity index (χ4v) is 4.09. The van der Waals surface area contributed by atoms with Gasteiger partial charge in [-0.25, -0.2) is 4.98 Å². The molecule has 3 heterocycles. The predicted octanol–water partition coefficient (Wildman–Crippen LogP) is 1.74. The molecule has 0 amide bonds. The van der Waals surface area contributed by atoms with Gasteiger partial charge in [0.1, 0.15) is 11.6 Å². The van der Waals surface area contributed by atoms with Crippen LogP contribution in [0.15, 0.2) is 19.0 Å². The van der Waals surface area contributed by atoms with Gasteiger partial charge < -0.3 is 19.9 Å². The molecule has 0 bridgehead atoms. The number of nitrogens with two attached hydrogens (primary N) is 1. The second-order valence-corrected chi connectivity index (χ2v) is 7.67. The summed E-state index contributed by atoms with van der Waals surface area (Å²) in [7, 11) is 0. The molecule has 1 fully saturated rings. The van der Waals surface area contributed by atoms with E-state index >= 15 is 0 Å². The zero-order valence-electron chi connectivity index (χ0n) is 15.8. The first-order chi connectivity index (χ1) is 13.8. The largest absolute Gasteiger partial charge is 0.456 e. The number of fused-ring (bicyclic) bond motifs is 1. The number of esters is 2. The maximum absolute atomic E-state index is 11.8. The van der Waals surface area contributed by atoms with Gasteiger partial charge in [-0.1, -0.05) is 17.7 Å². The van der Waals surface area contributed by atoms with E-state index in [9.17, 15) is 9.59 Å². The Morgan fingerprint density at radius 2 is 2.03 bits per heavy atom. The smallest absolute Gasteiger partial charge is 0.303 e. The van der Waals surface area contributed by atoms with Crippen LogP contribution >= 0.6 is 23.4 Å². The van der Waals surface area contributed by atoms with E-state index in [4.69, 9.17) is 31.5 Å². The monoisotopic (exact) mass is 441 g/mol. The quantitative estimate of drug-likeness (QED) is 0.293. The molecule has 3 rings (SSSR count). The molecule has 0 aliphatic carbocycles. The minimum Gasteiger partial charge on any atom is -0.456 e. The predicted molar refractivity (Wildman–Crippen MR) is 107 cm³/mol. The summed E-state index contributed by atoms with van der Waals surface area (Å²) in [6, 6.07) is 0. The van der Waals surface area contributed by atoms with E-state index in [0.29, 0.717) is 22.7 Å². The summed E-state index contributed by atoms with van der Waals surface area (Å²) >= 11 is 7.64. The van der Waals surface area contributed by atoms with Crippen LogP contribution < -0.4 is 5.73 Å². The number of imidazole rings is 1. The summed E-state index contributed by atoms with van der Waals surface area (Å²) in [5, 5.41) is 0.0860. The summed E-state index contributed by atoms with van der Waals surface area (Å²) in [5.74, 6) is 0.0731. The van der Waals surface area contributed by atoms with Gasteiger partial charge in [-0.15, -0.1) is 6.58 Å². The van der Waals surface area contributed by atoms with Gasteiger partial charge >= 0.3 is 11.9 Å². The Bertz CT molecular complexity index is 938. The van der Waals surface area contributed by atoms with Gasteiger partial charge in [0.25, 0.3) is 0 Å². The molecular formula is C17H20ClN5O5S. The maximum Gasteiger partial charge on any atom is 0.303 e. The molecule has 1 unspecified atom stereocenters. The molecule has 12 heteroatoms. The fourth-order valence-electron chi connectivity index (χ4n) is 3.07. The molecule has 1 aliphatic rings. The Balaban J connectivity index is 2.02. The molecular weight excluding hydrogens is 422 g/mol. The normalized spacial score (nSPS) is 23.8. The summed E-state index contributed by atoms with van der Waals surface area (Å²) in [4.78, 5) is 35.7. The molecule has 0 spiro atoms. The molecule has 1 aliphatic heterocycles. The van der Waals surface area contributed by atoms with Gasteiger partial charge in [0, 0.05) is 25.4 Å². The first kappa shape index (κ1) is 21.3. The lowest BCUT2D eigenvalue weighted by atomic mass is 10.1. The van der Waals surface area contributed by atoms with E-state index in [1.54, 1.807) is 22.4 Å². The molecule has 1 saturated heterocycles. The average molecular weight is 442 g/mol. The van der Waals surface area contributed by atoms with Crippen LogP contribution in [0.4, 0.5) is 5.95 Å². The van der Waals surface area contributed by atoms with Crippen molar-refractivity contribution in [1.82, 2.24) is 19.5 Å². The third kappa shape index (κ3) is 4.62. The molecule has 0 aromatic carbocycles. The Hall–Kier alpha value is -2.37. The molecule has 2 N–H and O–H groups in total. The number of anilines is 1. The van der Waals surface area contributed by atoms with Gasteiger partial charge in [0.2, 0.25) is 5.95 Å². The lowest BCUT2D eigenvalue weighted by molar-refractivity contribution is -0.165. The Morgan fingerprint density at radius 1 is 1.34 bits per heavy atom. The van der Waals surface area contributed by atoms with E-state index in [0.717, 1.165) is 0 Å². The third-order valence-electron chi connectivity index (χ3n) is 4.08. The van der Waals surface area contributed by atoms with Crippen molar-refractivity contribution in [3.05, 3.63) is 24.1 Å². The van der Waals surface area contributed by atoms with Gasteiger partial charge in [0.15, 0.2) is 29.2 Å². The van der Waals surface area contributed by atoms with E-state index in [1.165, 1.54) is 20.2 Å². The number of hydrogen-bond donors (Lipinski definition) is 1. The standard InChI is InChI=1S/C17H20ClN5O5S/c1-4-5-29-6-10-12(26-8(2)24)13(27-9(3)25)16(28-10)23-7-20-11-14(18)21-17(19)22-15(11)23/h4,7,10,12-13,16H,1,5-6H2,2-3H3,(H2,19,21,22)/t10-,12-,13-,16?/m1/s1. The number of ether oxygens (including phenoxy) is 3. The van der Waals surface area contributed by atoms with E-state index in [-0.39, 0.29) is 11.1 Å². The molecule has 29 heavy (non-hydrogen) atoms. The van der Waals surface area contributed by atoms with Gasteiger partial charge in [-0.3, -0.25) is 14.2 Å². The van der Waals surface area contributed by atoms with Crippen molar-refractivity contribution in [2.75, 3.05) is 17.2 Å². The van der Waals surface area contributed by atoms with Gasteiger partial charge in [0.05, 0.1) is 6.33 Å². The number of thioether (sulfide) groups is 1. The number of carbonyl (C=O) groups is 2. The number of nitrogen functional groups attached to an aromatic ring is 1. The highest BCUT2D eigenvalue weighted by Crippen LogP contribution is 2.37. The summed E-state index contributed by atoms with van der Waals surface area (Å²) in [6.07, 6.45) is 0.0739. The molecule has 0 saturated carbocycles. The fraction of sp³-hybridized carbons (Fsp3) is 0.471. The lowest BCUT2D eigenvalue weighted by Gasteiger charge is -2.23. The van der Waals surface area contributed by atoms with E-state index in [2.05, 4.69) is 21.5 Å². The lowest BCUT2D eigenvalue weighted by Crippen LogP contribution is -2.39. The topological polar surface area (TPSA) is 131 Å². The SMILES string of the molecule is C=CCSC[C@H]1OC(n2cnc3c(Cl)nc(N)nc32)[C@H](OC(C)=O)[C@@H]1OC(C)=O. The number of aromatic nitrogens is 4. The minimum atomic E-state index is -0.918. The number of rotatable bonds is 7. The van der Waals surface area contributed by atoms with Crippen molar-refractivity contribution in [3.8, 4) is 0 Å². The minimum absolute atomic E-state index is 0.0408. The highest BCUT2D eigenvalue weighted by Gasteiger charge is 2.50. The molecule has 2 aromatic rings. The Labute approximate surface area is 175 Å². The molecule has 2 aromatic heterocycles. The van der Waals surface area contributed by atoms with Crippen molar-refractivity contribution >= 4 is 52.4 Å². The van der Waals surface area contributed by atoms with Gasteiger partial charge in [-0.05, 0) is 0 Å². The highest BCUT2D eigenvalue weighted by molar-refractivity contribution is 7.99. The van der Waals surface area contributed by atoms with Crippen LogP contribution in [0.1, 0.15) is 20.1 Å². The third-order valence-corrected chi connectivity index (χ3v) is 5.38. The highest BCUT2D eigenvalue weighted by atomic mass is 35.5. The summed E-state index contributed by atoms with van der Waals surface area (Å²) in [6.45, 7) is 6.24. The van der Waals surface area contributed by atoms with Crippen molar-refractivity contribution < 1.29 is 23.8 Å². The molecule has 4 atom stereocenters. The van der Waals surface area contributed by atoms with E-state index in [1.807, 2.05) is 0 Å². The van der Waals surface area contributed by atoms with Crippen LogP contribution in [0.5, 0.6) is 0 Å². The zero-order valence-corrected chi connectivity index (χ0v) is 17.4. The Kier molecular flexibility index (Phi) is 6.60. The second-order valence-electron chi connectivity index (χ2n) is 6.24. The number of halogens is 1. The summed E-state index contributed by atoms with van der Waals surface area (Å²) in [5.41, 5.74) is 6.34. The Morgan fingerprint density at radius 3 is 2.69 bits per heavy atom. The van der Waals surface area contributed by atoms with Crippen molar-refractivity contribution in [1.29, 1.82) is 0 Å². The number of hydrogen-bond acceptors (Lipinski definition) is 10. The van der Waals surface area contributed by atoms with Crippen molar-refractivity contribution in [2.24, 2.45) is 0 Å². The number of carbonyl (C=O) groups excluding carboxylic acids is 2. The van der Waals surface area contributed by atoms with Crippen LogP contribution in [0.2, 0.25) is 5.15 Å². The van der Waals surface area contributed by atoms with Gasteiger partial charge in [-0.2, -0.15) is 21.7 Å². The maximum atomic E-state index is 11.8. The van der Waals surface area contributed by atoms with Crippen molar-refractivity contribution in [3.63, 3.8) is 0 Å². The first-order valence-electron chi connectivity index (χ1n) is 8.66. The number of nitrogens with zero attached hydrogens (tertiary/aromatic N) is 4. The molecule has 10 nitrogen and oxygen atoms in total. The molecule has 156 valence electrons. The van der Waals surface area contributed by atoms with Crippen molar-refractivity contribution in [2.45, 2.75) is 38.4 Å². The van der Waals surface area contributed by atoms with E-state index < -0.39 is 36.5 Å². The average Bonchev–Trinajstić information content (AvgIpc) is 3.17. The molecule has 0 radical (unpaired) electrons. The second kappa shape index (κ2) is 8.97. The zero-order chi connectivity index (χ0) is 21.1. The van der Waals surface area contributed by atoms with Crippen LogP contribution in [0, 0.1) is 0 Å². The van der Waals surface area contributed by atoms with Crippen LogP contribution in [0.3, 0.4) is 0 Å². The van der Waals surface area contributed by atoms with Crippen LogP contribution in [-0.2, 0) is 23.8 Å². The van der Waals surface area contributed by atoms with Crippen LogP contribution in [-0.4, -0.2) is 61.3 Å². The first-order valence-corrected chi connectivity index (χ1v) is 10.2. The summed E-state index contributed by atoms with van der Waals surface area (Å²) < 4.78 is 18.6. The van der Waals surface area contributed by atoms with Crippen LogP contribution in [0.25, 0.3) is 11.2 Å².